The fourth-order valence-corrected chi connectivity index (χ4v) is 3.44. The van der Waals surface area contributed by atoms with E-state index in [9.17, 15) is 4.79 Å². The van der Waals surface area contributed by atoms with Crippen molar-refractivity contribution in [1.82, 2.24) is 0 Å². The van der Waals surface area contributed by atoms with Gasteiger partial charge in [0.2, 0.25) is 0 Å². The van der Waals surface area contributed by atoms with Crippen molar-refractivity contribution in [2.24, 2.45) is 0 Å². The lowest BCUT2D eigenvalue weighted by Crippen LogP contribution is -2.10. The number of carbonyl (C=O) groups excluding carboxylic acids is 1. The van der Waals surface area contributed by atoms with Crippen LogP contribution in [0.1, 0.15) is 29.0 Å². The number of aryl methyl sites for hydroxylation is 2. The molecule has 0 spiro atoms. The fraction of sp³-hybridized carbons (Fsp3) is 0.417. The normalized spacial score (nSPS) is 20.3. The number of thioether (sulfide) groups is 1. The number of fused-ring (bicyclic) bond motifs is 1. The van der Waals surface area contributed by atoms with Crippen molar-refractivity contribution in [2.75, 3.05) is 5.75 Å². The van der Waals surface area contributed by atoms with Gasteiger partial charge in [-0.2, -0.15) is 0 Å². The molecular formula is C12H14OS. The van der Waals surface area contributed by atoms with Crippen molar-refractivity contribution in [3.8, 4) is 0 Å². The molecule has 1 heterocycles. The molecule has 1 aliphatic rings. The van der Waals surface area contributed by atoms with Crippen molar-refractivity contribution in [3.05, 3.63) is 28.8 Å². The van der Waals surface area contributed by atoms with E-state index >= 15 is 0 Å². The van der Waals surface area contributed by atoms with Crippen LogP contribution in [0.5, 0.6) is 0 Å². The van der Waals surface area contributed by atoms with Crippen LogP contribution < -0.4 is 0 Å². The smallest absolute Gasteiger partial charge is 0.127 e. The Kier molecular flexibility index (Phi) is 2.64. The van der Waals surface area contributed by atoms with Crippen molar-refractivity contribution in [2.45, 2.75) is 31.1 Å². The molecule has 1 nitrogen and oxygen atoms in total. The predicted octanol–water partition coefficient (Wildman–Crippen LogP) is 3.08. The molecule has 0 aliphatic carbocycles. The summed E-state index contributed by atoms with van der Waals surface area (Å²) in [6, 6.07) is 4.36. The number of hydrogen-bond acceptors (Lipinski definition) is 2. The van der Waals surface area contributed by atoms with Gasteiger partial charge < -0.3 is 4.79 Å². The largest absolute Gasteiger partial charge is 0.303 e. The Hall–Kier alpha value is -0.760. The van der Waals surface area contributed by atoms with E-state index in [1.807, 2.05) is 11.8 Å². The molecule has 0 bridgehead atoms. The van der Waals surface area contributed by atoms with Crippen LogP contribution in [0, 0.1) is 13.8 Å². The molecule has 0 fully saturated rings. The monoisotopic (exact) mass is 206 g/mol. The molecular weight excluding hydrogens is 192 g/mol. The van der Waals surface area contributed by atoms with E-state index < -0.39 is 0 Å². The van der Waals surface area contributed by atoms with Crippen LogP contribution in [-0.4, -0.2) is 12.0 Å². The third-order valence-electron chi connectivity index (χ3n) is 2.71. The molecule has 0 amide bonds. The molecule has 1 aromatic carbocycles. The maximum Gasteiger partial charge on any atom is 0.127 e. The van der Waals surface area contributed by atoms with Gasteiger partial charge >= 0.3 is 0 Å². The van der Waals surface area contributed by atoms with Gasteiger partial charge in [0, 0.05) is 10.8 Å². The van der Waals surface area contributed by atoms with Gasteiger partial charge in [-0.25, -0.2) is 0 Å². The highest BCUT2D eigenvalue weighted by molar-refractivity contribution is 7.99. The minimum atomic E-state index is 0.131. The van der Waals surface area contributed by atoms with Crippen LogP contribution in [0.4, 0.5) is 0 Å². The number of hydrogen-bond donors (Lipinski definition) is 0. The van der Waals surface area contributed by atoms with Crippen molar-refractivity contribution in [3.63, 3.8) is 0 Å². The van der Waals surface area contributed by atoms with E-state index in [-0.39, 0.29) is 5.92 Å². The first kappa shape index (κ1) is 9.78. The lowest BCUT2D eigenvalue weighted by molar-refractivity contribution is -0.109. The van der Waals surface area contributed by atoms with Gasteiger partial charge in [-0.3, -0.25) is 0 Å². The molecule has 1 aromatic rings. The number of benzene rings is 1. The summed E-state index contributed by atoms with van der Waals surface area (Å²) in [5.74, 6) is 1.20. The van der Waals surface area contributed by atoms with Crippen LogP contribution in [-0.2, 0) is 4.79 Å². The van der Waals surface area contributed by atoms with Crippen molar-refractivity contribution in [1.29, 1.82) is 0 Å². The summed E-state index contributed by atoms with van der Waals surface area (Å²) in [6.07, 6.45) is 2.09. The Labute approximate surface area is 88.9 Å². The number of rotatable bonds is 1. The molecule has 0 aromatic heterocycles. The summed E-state index contributed by atoms with van der Waals surface area (Å²) in [5.41, 5.74) is 3.83. The van der Waals surface area contributed by atoms with E-state index in [4.69, 9.17) is 0 Å². The Bertz CT molecular complexity index is 371. The first-order valence-corrected chi connectivity index (χ1v) is 5.90. The maximum atomic E-state index is 11.0. The van der Waals surface area contributed by atoms with E-state index in [0.29, 0.717) is 0 Å². The molecule has 0 saturated carbocycles. The summed E-state index contributed by atoms with van der Waals surface area (Å²) >= 11 is 1.88. The molecule has 0 saturated heterocycles. The summed E-state index contributed by atoms with van der Waals surface area (Å²) in [6.45, 7) is 4.21. The second-order valence-electron chi connectivity index (χ2n) is 3.87. The van der Waals surface area contributed by atoms with E-state index in [0.717, 1.165) is 18.5 Å². The molecule has 1 unspecified atom stereocenters. The van der Waals surface area contributed by atoms with Gasteiger partial charge in [0.15, 0.2) is 0 Å². The van der Waals surface area contributed by atoms with Gasteiger partial charge in [-0.15, -0.1) is 11.8 Å². The van der Waals surface area contributed by atoms with Crippen LogP contribution in [0.25, 0.3) is 0 Å². The molecule has 2 rings (SSSR count). The van der Waals surface area contributed by atoms with Crippen LogP contribution >= 0.6 is 11.8 Å². The van der Waals surface area contributed by atoms with Gasteiger partial charge in [0.25, 0.3) is 0 Å². The third kappa shape index (κ3) is 1.59. The summed E-state index contributed by atoms with van der Waals surface area (Å²) < 4.78 is 0. The van der Waals surface area contributed by atoms with E-state index in [1.54, 1.807) is 0 Å². The molecule has 0 N–H and O–H groups in total. The third-order valence-corrected chi connectivity index (χ3v) is 3.80. The lowest BCUT2D eigenvalue weighted by Gasteiger charge is -2.23. The Morgan fingerprint density at radius 1 is 1.43 bits per heavy atom. The molecule has 14 heavy (non-hydrogen) atoms. The van der Waals surface area contributed by atoms with Gasteiger partial charge in [-0.1, -0.05) is 6.07 Å². The maximum absolute atomic E-state index is 11.0. The van der Waals surface area contributed by atoms with Gasteiger partial charge in [-0.05, 0) is 48.8 Å². The standard InChI is InChI=1S/C12H14OS/c1-8-5-9(2)12-10(7-13)3-4-14-11(12)6-8/h5-7,10H,3-4H2,1-2H3. The molecule has 74 valence electrons. The zero-order valence-corrected chi connectivity index (χ0v) is 9.36. The molecule has 1 aliphatic heterocycles. The second-order valence-corrected chi connectivity index (χ2v) is 5.01. The summed E-state index contributed by atoms with van der Waals surface area (Å²) in [5, 5.41) is 0. The topological polar surface area (TPSA) is 17.1 Å². The average molecular weight is 206 g/mol. The Morgan fingerprint density at radius 3 is 2.93 bits per heavy atom. The van der Waals surface area contributed by atoms with Gasteiger partial charge in [0.05, 0.1) is 0 Å². The molecule has 2 heteroatoms. The minimum Gasteiger partial charge on any atom is -0.303 e. The zero-order chi connectivity index (χ0) is 10.1. The number of carbonyl (C=O) groups is 1. The number of aldehydes is 1. The second kappa shape index (κ2) is 3.77. The highest BCUT2D eigenvalue weighted by Crippen LogP contribution is 2.38. The quantitative estimate of drug-likeness (QED) is 0.657. The van der Waals surface area contributed by atoms with Crippen LogP contribution in [0.2, 0.25) is 0 Å². The molecule has 1 atom stereocenters. The van der Waals surface area contributed by atoms with Crippen LogP contribution in [0.3, 0.4) is 0 Å². The van der Waals surface area contributed by atoms with Crippen molar-refractivity contribution >= 4 is 18.0 Å². The van der Waals surface area contributed by atoms with Crippen LogP contribution in [0.15, 0.2) is 17.0 Å². The highest BCUT2D eigenvalue weighted by atomic mass is 32.2. The van der Waals surface area contributed by atoms with Crippen molar-refractivity contribution < 1.29 is 4.79 Å². The summed E-state index contributed by atoms with van der Waals surface area (Å²) in [4.78, 5) is 12.3. The lowest BCUT2D eigenvalue weighted by atomic mass is 9.92. The zero-order valence-electron chi connectivity index (χ0n) is 8.54. The Balaban J connectivity index is 2.56. The first-order valence-electron chi connectivity index (χ1n) is 4.91. The average Bonchev–Trinajstić information content (AvgIpc) is 2.16. The Morgan fingerprint density at radius 2 is 2.21 bits per heavy atom. The fourth-order valence-electron chi connectivity index (χ4n) is 2.11. The van der Waals surface area contributed by atoms with Gasteiger partial charge in [0.1, 0.15) is 6.29 Å². The summed E-state index contributed by atoms with van der Waals surface area (Å²) in [7, 11) is 0. The van der Waals surface area contributed by atoms with E-state index in [1.165, 1.54) is 21.6 Å². The first-order chi connectivity index (χ1) is 6.72. The molecule has 0 radical (unpaired) electrons. The predicted molar refractivity (Wildman–Crippen MR) is 60.1 cm³/mol. The minimum absolute atomic E-state index is 0.131. The highest BCUT2D eigenvalue weighted by Gasteiger charge is 2.21. The van der Waals surface area contributed by atoms with E-state index in [2.05, 4.69) is 26.0 Å². The SMILES string of the molecule is Cc1cc(C)c2c(c1)SCCC2C=O.